The minimum Gasteiger partial charge on any atom is -0.463 e. The van der Waals surface area contributed by atoms with E-state index in [2.05, 4.69) is 26.0 Å². The van der Waals surface area contributed by atoms with E-state index in [4.69, 9.17) is 4.74 Å². The maximum atomic E-state index is 11.1. The maximum Gasteiger partial charge on any atom is 0.330 e. The number of ether oxygens (including phenoxy) is 1. The molecule has 1 aromatic carbocycles. The summed E-state index contributed by atoms with van der Waals surface area (Å²) in [6.07, 6.45) is 4.32. The van der Waals surface area contributed by atoms with E-state index >= 15 is 0 Å². The van der Waals surface area contributed by atoms with Gasteiger partial charge in [0.2, 0.25) is 0 Å². The average Bonchev–Trinajstić information content (AvgIpc) is 2.28. The Bertz CT molecular complexity index is 374. The molecule has 0 aliphatic carbocycles. The zero-order valence-electron chi connectivity index (χ0n) is 10.8. The van der Waals surface area contributed by atoms with Crippen LogP contribution in [0.3, 0.4) is 0 Å². The van der Waals surface area contributed by atoms with Crippen LogP contribution in [-0.2, 0) is 16.0 Å². The Kier molecular flexibility index (Phi) is 5.47. The van der Waals surface area contributed by atoms with Crippen molar-refractivity contribution < 1.29 is 9.53 Å². The van der Waals surface area contributed by atoms with Gasteiger partial charge in [0.15, 0.2) is 0 Å². The lowest BCUT2D eigenvalue weighted by atomic mass is 10.0. The monoisotopic (exact) mass is 232 g/mol. The van der Waals surface area contributed by atoms with Gasteiger partial charge in [-0.05, 0) is 36.5 Å². The van der Waals surface area contributed by atoms with Crippen molar-refractivity contribution in [3.05, 3.63) is 41.5 Å². The highest BCUT2D eigenvalue weighted by atomic mass is 16.5. The van der Waals surface area contributed by atoms with Crippen molar-refractivity contribution >= 4 is 12.0 Å². The third-order valence-corrected chi connectivity index (χ3v) is 2.32. The molecule has 0 N–H and O–H groups in total. The molecule has 0 amide bonds. The molecule has 92 valence electrons. The molecule has 0 radical (unpaired) electrons. The first-order valence-electron chi connectivity index (χ1n) is 6.05. The van der Waals surface area contributed by atoms with Gasteiger partial charge in [-0.25, -0.2) is 4.79 Å². The van der Waals surface area contributed by atoms with Crippen molar-refractivity contribution in [2.75, 3.05) is 6.61 Å². The Balaban J connectivity index is 2.59. The Morgan fingerprint density at radius 1 is 1.29 bits per heavy atom. The van der Waals surface area contributed by atoms with E-state index < -0.39 is 0 Å². The molecule has 1 rings (SSSR count). The molecule has 0 aliphatic heterocycles. The van der Waals surface area contributed by atoms with Gasteiger partial charge in [0.25, 0.3) is 0 Å². The van der Waals surface area contributed by atoms with Crippen LogP contribution in [0.2, 0.25) is 0 Å². The number of esters is 1. The summed E-state index contributed by atoms with van der Waals surface area (Å²) in [7, 11) is 0. The summed E-state index contributed by atoms with van der Waals surface area (Å²) < 4.78 is 4.81. The number of carbonyl (C=O) groups is 1. The number of benzene rings is 1. The lowest BCUT2D eigenvalue weighted by Gasteiger charge is -2.04. The van der Waals surface area contributed by atoms with E-state index in [0.29, 0.717) is 12.5 Å². The van der Waals surface area contributed by atoms with E-state index in [-0.39, 0.29) is 5.97 Å². The Morgan fingerprint density at radius 2 is 1.94 bits per heavy atom. The van der Waals surface area contributed by atoms with Gasteiger partial charge in [-0.3, -0.25) is 0 Å². The van der Waals surface area contributed by atoms with Crippen LogP contribution < -0.4 is 0 Å². The van der Waals surface area contributed by atoms with Gasteiger partial charge >= 0.3 is 5.97 Å². The molecule has 0 atom stereocenters. The second kappa shape index (κ2) is 6.89. The fraction of sp³-hybridized carbons (Fsp3) is 0.400. The summed E-state index contributed by atoms with van der Waals surface area (Å²) in [5.41, 5.74) is 2.35. The standard InChI is InChI=1S/C15H20O2/c1-4-17-15(16)10-9-13-5-7-14(8-6-13)11-12(2)3/h5-10,12H,4,11H2,1-3H3/b10-9+. The lowest BCUT2D eigenvalue weighted by Crippen LogP contribution is -1.98. The Hall–Kier alpha value is -1.57. The third kappa shape index (κ3) is 5.34. The van der Waals surface area contributed by atoms with Crippen molar-refractivity contribution in [1.82, 2.24) is 0 Å². The Morgan fingerprint density at radius 3 is 2.47 bits per heavy atom. The van der Waals surface area contributed by atoms with Gasteiger partial charge in [-0.2, -0.15) is 0 Å². The fourth-order valence-electron chi connectivity index (χ4n) is 1.59. The highest BCUT2D eigenvalue weighted by Gasteiger charge is 1.98. The number of hydrogen-bond donors (Lipinski definition) is 0. The number of hydrogen-bond acceptors (Lipinski definition) is 2. The molecule has 2 nitrogen and oxygen atoms in total. The first-order valence-corrected chi connectivity index (χ1v) is 6.05. The zero-order valence-corrected chi connectivity index (χ0v) is 10.8. The molecule has 0 saturated carbocycles. The van der Waals surface area contributed by atoms with Crippen LogP contribution in [0.15, 0.2) is 30.3 Å². The van der Waals surface area contributed by atoms with Crippen LogP contribution in [0.5, 0.6) is 0 Å². The van der Waals surface area contributed by atoms with E-state index in [0.717, 1.165) is 12.0 Å². The predicted molar refractivity (Wildman–Crippen MR) is 70.7 cm³/mol. The molecule has 0 fully saturated rings. The van der Waals surface area contributed by atoms with Crippen LogP contribution in [0, 0.1) is 5.92 Å². The molecule has 0 heterocycles. The minimum atomic E-state index is -0.293. The molecule has 0 saturated heterocycles. The lowest BCUT2D eigenvalue weighted by molar-refractivity contribution is -0.137. The van der Waals surface area contributed by atoms with Gasteiger partial charge < -0.3 is 4.74 Å². The highest BCUT2D eigenvalue weighted by Crippen LogP contribution is 2.10. The summed E-state index contributed by atoms with van der Waals surface area (Å²) in [6, 6.07) is 8.25. The average molecular weight is 232 g/mol. The van der Waals surface area contributed by atoms with Crippen molar-refractivity contribution in [3.63, 3.8) is 0 Å². The van der Waals surface area contributed by atoms with Crippen molar-refractivity contribution in [2.24, 2.45) is 5.92 Å². The van der Waals surface area contributed by atoms with Crippen molar-refractivity contribution in [1.29, 1.82) is 0 Å². The van der Waals surface area contributed by atoms with Crippen molar-refractivity contribution in [2.45, 2.75) is 27.2 Å². The van der Waals surface area contributed by atoms with Gasteiger partial charge in [-0.15, -0.1) is 0 Å². The van der Waals surface area contributed by atoms with Crippen molar-refractivity contribution in [3.8, 4) is 0 Å². The molecule has 0 aromatic heterocycles. The van der Waals surface area contributed by atoms with Crippen LogP contribution >= 0.6 is 0 Å². The molecule has 17 heavy (non-hydrogen) atoms. The first-order chi connectivity index (χ1) is 8.11. The van der Waals surface area contributed by atoms with Gasteiger partial charge in [0.05, 0.1) is 6.61 Å². The molecule has 0 aliphatic rings. The fourth-order valence-corrected chi connectivity index (χ4v) is 1.59. The topological polar surface area (TPSA) is 26.3 Å². The largest absolute Gasteiger partial charge is 0.463 e. The zero-order chi connectivity index (χ0) is 12.7. The molecule has 2 heteroatoms. The second-order valence-corrected chi connectivity index (χ2v) is 4.42. The summed E-state index contributed by atoms with van der Waals surface area (Å²) in [5.74, 6) is 0.370. The molecule has 0 unspecified atom stereocenters. The summed E-state index contributed by atoms with van der Waals surface area (Å²) >= 11 is 0. The molecule has 1 aromatic rings. The minimum absolute atomic E-state index is 0.293. The molecular weight excluding hydrogens is 212 g/mol. The van der Waals surface area contributed by atoms with E-state index in [1.807, 2.05) is 12.1 Å². The van der Waals surface area contributed by atoms with Crippen LogP contribution in [-0.4, -0.2) is 12.6 Å². The third-order valence-electron chi connectivity index (χ3n) is 2.32. The predicted octanol–water partition coefficient (Wildman–Crippen LogP) is 3.46. The molecule has 0 spiro atoms. The maximum absolute atomic E-state index is 11.1. The van der Waals surface area contributed by atoms with Crippen LogP contribution in [0.25, 0.3) is 6.08 Å². The smallest absolute Gasteiger partial charge is 0.330 e. The highest BCUT2D eigenvalue weighted by molar-refractivity contribution is 5.86. The second-order valence-electron chi connectivity index (χ2n) is 4.42. The SMILES string of the molecule is CCOC(=O)/C=C/c1ccc(CC(C)C)cc1. The summed E-state index contributed by atoms with van der Waals surface area (Å²) in [4.78, 5) is 11.1. The Labute approximate surface area is 103 Å². The van der Waals surface area contributed by atoms with Gasteiger partial charge in [-0.1, -0.05) is 38.1 Å². The first kappa shape index (κ1) is 13.5. The van der Waals surface area contributed by atoms with Gasteiger partial charge in [0.1, 0.15) is 0 Å². The summed E-state index contributed by atoms with van der Waals surface area (Å²) in [6.45, 7) is 6.62. The van der Waals surface area contributed by atoms with Gasteiger partial charge in [0, 0.05) is 6.08 Å². The van der Waals surface area contributed by atoms with Crippen LogP contribution in [0.1, 0.15) is 31.9 Å². The molecular formula is C15H20O2. The summed E-state index contributed by atoms with van der Waals surface area (Å²) in [5, 5.41) is 0. The number of carbonyl (C=O) groups excluding carboxylic acids is 1. The molecule has 0 bridgehead atoms. The quantitative estimate of drug-likeness (QED) is 0.574. The van der Waals surface area contributed by atoms with E-state index in [9.17, 15) is 4.79 Å². The number of rotatable bonds is 5. The van der Waals surface area contributed by atoms with E-state index in [1.165, 1.54) is 11.6 Å². The van der Waals surface area contributed by atoms with E-state index in [1.54, 1.807) is 13.0 Å². The normalized spacial score (nSPS) is 11.1. The van der Waals surface area contributed by atoms with Crippen LogP contribution in [0.4, 0.5) is 0 Å².